The Balaban J connectivity index is 1.89. The number of primary amides is 1. The van der Waals surface area contributed by atoms with Crippen molar-refractivity contribution < 1.29 is 4.79 Å². The minimum absolute atomic E-state index is 0.416. The molecule has 0 radical (unpaired) electrons. The zero-order valence-corrected chi connectivity index (χ0v) is 10.7. The molecule has 18 heavy (non-hydrogen) atoms. The molecule has 0 saturated carbocycles. The molecule has 0 bridgehead atoms. The first-order valence-electron chi connectivity index (χ1n) is 6.41. The van der Waals surface area contributed by atoms with E-state index in [2.05, 4.69) is 15.6 Å². The summed E-state index contributed by atoms with van der Waals surface area (Å²) < 4.78 is 0. The van der Waals surface area contributed by atoms with Crippen LogP contribution in [0, 0.1) is 6.92 Å². The summed E-state index contributed by atoms with van der Waals surface area (Å²) in [5.41, 5.74) is 6.58. The number of rotatable bonds is 5. The van der Waals surface area contributed by atoms with Crippen LogP contribution >= 0.6 is 0 Å². The van der Waals surface area contributed by atoms with Gasteiger partial charge in [0.05, 0.1) is 0 Å². The van der Waals surface area contributed by atoms with E-state index >= 15 is 0 Å². The first-order valence-corrected chi connectivity index (χ1v) is 6.41. The minimum Gasteiger partial charge on any atom is -0.370 e. The number of nitrogens with zero attached hydrogens (tertiary/aromatic N) is 1. The molecule has 2 heterocycles. The number of hydrogen-bond donors (Lipinski definition) is 3. The van der Waals surface area contributed by atoms with Crippen LogP contribution in [0.25, 0.3) is 0 Å². The van der Waals surface area contributed by atoms with E-state index in [1.807, 2.05) is 6.92 Å². The summed E-state index contributed by atoms with van der Waals surface area (Å²) in [5.74, 6) is 0.308. The van der Waals surface area contributed by atoms with Crippen molar-refractivity contribution in [1.82, 2.24) is 10.3 Å². The lowest BCUT2D eigenvalue weighted by Gasteiger charge is -2.12. The van der Waals surface area contributed by atoms with Crippen molar-refractivity contribution in [3.05, 3.63) is 23.4 Å². The molecule has 5 heteroatoms. The Morgan fingerprint density at radius 1 is 1.61 bits per heavy atom. The van der Waals surface area contributed by atoms with E-state index in [9.17, 15) is 4.79 Å². The van der Waals surface area contributed by atoms with Gasteiger partial charge in [0.15, 0.2) is 0 Å². The second kappa shape index (κ2) is 5.82. The summed E-state index contributed by atoms with van der Waals surface area (Å²) in [6, 6.07) is 4.02. The number of aromatic nitrogens is 1. The van der Waals surface area contributed by atoms with Crippen LogP contribution in [0.15, 0.2) is 12.1 Å². The van der Waals surface area contributed by atoms with E-state index in [4.69, 9.17) is 5.73 Å². The summed E-state index contributed by atoms with van der Waals surface area (Å²) >= 11 is 0. The van der Waals surface area contributed by atoms with Crippen LogP contribution in [0.3, 0.4) is 0 Å². The Bertz CT molecular complexity index is 427. The topological polar surface area (TPSA) is 80.0 Å². The number of carbonyl (C=O) groups excluding carboxylic acids is 1. The van der Waals surface area contributed by atoms with E-state index in [-0.39, 0.29) is 0 Å². The molecular weight excluding hydrogens is 228 g/mol. The molecule has 98 valence electrons. The van der Waals surface area contributed by atoms with E-state index < -0.39 is 5.91 Å². The summed E-state index contributed by atoms with van der Waals surface area (Å²) in [4.78, 5) is 15.5. The van der Waals surface area contributed by atoms with Crippen molar-refractivity contribution >= 4 is 11.7 Å². The van der Waals surface area contributed by atoms with Crippen molar-refractivity contribution in [3.63, 3.8) is 0 Å². The maximum absolute atomic E-state index is 11.1. The highest BCUT2D eigenvalue weighted by Gasteiger charge is 2.13. The summed E-state index contributed by atoms with van der Waals surface area (Å²) in [7, 11) is 0. The minimum atomic E-state index is -0.416. The largest absolute Gasteiger partial charge is 0.370 e. The molecule has 1 aromatic rings. The van der Waals surface area contributed by atoms with Gasteiger partial charge in [-0.3, -0.25) is 4.79 Å². The Morgan fingerprint density at radius 2 is 2.44 bits per heavy atom. The Labute approximate surface area is 107 Å². The lowest BCUT2D eigenvalue weighted by atomic mass is 10.1. The van der Waals surface area contributed by atoms with Gasteiger partial charge in [-0.2, -0.15) is 0 Å². The van der Waals surface area contributed by atoms with Gasteiger partial charge in [0.1, 0.15) is 5.82 Å². The highest BCUT2D eigenvalue weighted by atomic mass is 16.1. The van der Waals surface area contributed by atoms with Crippen molar-refractivity contribution in [2.24, 2.45) is 5.73 Å². The summed E-state index contributed by atoms with van der Waals surface area (Å²) in [6.45, 7) is 3.83. The molecule has 1 saturated heterocycles. The van der Waals surface area contributed by atoms with Crippen molar-refractivity contribution in [2.75, 3.05) is 18.4 Å². The van der Waals surface area contributed by atoms with Gasteiger partial charge in [0, 0.05) is 23.8 Å². The second-order valence-corrected chi connectivity index (χ2v) is 4.76. The van der Waals surface area contributed by atoms with Gasteiger partial charge in [0.2, 0.25) is 5.91 Å². The molecular formula is C13H20N4O. The van der Waals surface area contributed by atoms with Gasteiger partial charge in [-0.15, -0.1) is 0 Å². The third kappa shape index (κ3) is 3.43. The average Bonchev–Trinajstić information content (AvgIpc) is 2.81. The fourth-order valence-electron chi connectivity index (χ4n) is 2.28. The number of amides is 1. The Morgan fingerprint density at radius 3 is 3.11 bits per heavy atom. The average molecular weight is 248 g/mol. The molecule has 4 N–H and O–H groups in total. The Kier molecular flexibility index (Phi) is 4.15. The van der Waals surface area contributed by atoms with Crippen molar-refractivity contribution in [2.45, 2.75) is 32.2 Å². The molecule has 2 rings (SSSR count). The molecule has 1 fully saturated rings. The van der Waals surface area contributed by atoms with Crippen LogP contribution in [0.2, 0.25) is 0 Å². The SMILES string of the molecule is Cc1cc(C(N)=O)cc(NCC[C@H]2CCCN2)n1. The number of anilines is 1. The molecule has 1 aromatic heterocycles. The van der Waals surface area contributed by atoms with Crippen LogP contribution < -0.4 is 16.4 Å². The predicted octanol–water partition coefficient (Wildman–Crippen LogP) is 1.04. The van der Waals surface area contributed by atoms with Crippen LogP contribution in [-0.4, -0.2) is 30.0 Å². The number of aryl methyl sites for hydroxylation is 1. The highest BCUT2D eigenvalue weighted by Crippen LogP contribution is 2.12. The number of nitrogens with two attached hydrogens (primary N) is 1. The smallest absolute Gasteiger partial charge is 0.248 e. The number of carbonyl (C=O) groups is 1. The molecule has 0 unspecified atom stereocenters. The van der Waals surface area contributed by atoms with Crippen LogP contribution in [-0.2, 0) is 0 Å². The molecule has 5 nitrogen and oxygen atoms in total. The lowest BCUT2D eigenvalue weighted by molar-refractivity contribution is 0.1000. The van der Waals surface area contributed by atoms with E-state index in [1.54, 1.807) is 12.1 Å². The monoisotopic (exact) mass is 248 g/mol. The molecule has 1 atom stereocenters. The van der Waals surface area contributed by atoms with E-state index in [0.29, 0.717) is 11.6 Å². The standard InChI is InChI=1S/C13H20N4O/c1-9-7-10(13(14)18)8-12(17-9)16-6-4-11-3-2-5-15-11/h7-8,11,15H,2-6H2,1H3,(H2,14,18)(H,16,17)/t11-/m1/s1. The normalized spacial score (nSPS) is 18.8. The first-order chi connectivity index (χ1) is 8.65. The van der Waals surface area contributed by atoms with E-state index in [0.717, 1.165) is 31.0 Å². The van der Waals surface area contributed by atoms with Gasteiger partial charge in [0.25, 0.3) is 0 Å². The summed E-state index contributed by atoms with van der Waals surface area (Å²) in [5, 5.41) is 6.70. The highest BCUT2D eigenvalue weighted by molar-refractivity contribution is 5.93. The van der Waals surface area contributed by atoms with Crippen molar-refractivity contribution in [3.8, 4) is 0 Å². The van der Waals surface area contributed by atoms with Gasteiger partial charge < -0.3 is 16.4 Å². The van der Waals surface area contributed by atoms with Crippen molar-refractivity contribution in [1.29, 1.82) is 0 Å². The van der Waals surface area contributed by atoms with Crippen LogP contribution in [0.4, 0.5) is 5.82 Å². The Hall–Kier alpha value is -1.62. The number of hydrogen-bond acceptors (Lipinski definition) is 4. The predicted molar refractivity (Wildman–Crippen MR) is 71.6 cm³/mol. The molecule has 0 aromatic carbocycles. The lowest BCUT2D eigenvalue weighted by Crippen LogP contribution is -2.24. The zero-order valence-electron chi connectivity index (χ0n) is 10.7. The third-order valence-corrected chi connectivity index (χ3v) is 3.20. The van der Waals surface area contributed by atoms with Crippen LogP contribution in [0.1, 0.15) is 35.3 Å². The van der Waals surface area contributed by atoms with Crippen LogP contribution in [0.5, 0.6) is 0 Å². The number of pyridine rings is 1. The summed E-state index contributed by atoms with van der Waals surface area (Å²) in [6.07, 6.45) is 3.58. The fraction of sp³-hybridized carbons (Fsp3) is 0.538. The second-order valence-electron chi connectivity index (χ2n) is 4.76. The number of nitrogens with one attached hydrogen (secondary N) is 2. The van der Waals surface area contributed by atoms with Gasteiger partial charge >= 0.3 is 0 Å². The first kappa shape index (κ1) is 12.8. The molecule has 0 spiro atoms. The zero-order chi connectivity index (χ0) is 13.0. The van der Waals surface area contributed by atoms with Gasteiger partial charge in [-0.25, -0.2) is 4.98 Å². The fourth-order valence-corrected chi connectivity index (χ4v) is 2.28. The molecule has 1 amide bonds. The van der Waals surface area contributed by atoms with Gasteiger partial charge in [-0.05, 0) is 44.9 Å². The van der Waals surface area contributed by atoms with E-state index in [1.165, 1.54) is 12.8 Å². The maximum Gasteiger partial charge on any atom is 0.248 e. The molecule has 0 aliphatic carbocycles. The maximum atomic E-state index is 11.1. The molecule has 1 aliphatic rings. The quantitative estimate of drug-likeness (QED) is 0.727. The molecule has 1 aliphatic heterocycles. The third-order valence-electron chi connectivity index (χ3n) is 3.20. The van der Waals surface area contributed by atoms with Gasteiger partial charge in [-0.1, -0.05) is 0 Å².